The van der Waals surface area contributed by atoms with Crippen LogP contribution in [0.15, 0.2) is 18.2 Å². The van der Waals surface area contributed by atoms with Crippen molar-refractivity contribution in [2.75, 3.05) is 39.9 Å². The average molecular weight is 353 g/mol. The van der Waals surface area contributed by atoms with E-state index in [-0.39, 0.29) is 5.91 Å². The van der Waals surface area contributed by atoms with Crippen LogP contribution >= 0.6 is 0 Å². The number of nitrogens with one attached hydrogen (secondary N) is 1. The fourth-order valence-electron chi connectivity index (χ4n) is 4.95. The lowest BCUT2D eigenvalue weighted by Gasteiger charge is -2.29. The molecule has 5 rings (SSSR count). The molecule has 0 saturated carbocycles. The van der Waals surface area contributed by atoms with E-state index in [1.54, 1.807) is 0 Å². The third-order valence-electron chi connectivity index (χ3n) is 6.38. The minimum atomic E-state index is 0.159. The summed E-state index contributed by atoms with van der Waals surface area (Å²) in [7, 11) is 2.15. The molecule has 2 fully saturated rings. The summed E-state index contributed by atoms with van der Waals surface area (Å²) in [5.41, 5.74) is 4.77. The van der Waals surface area contributed by atoms with Crippen LogP contribution < -0.4 is 0 Å². The van der Waals surface area contributed by atoms with E-state index in [1.807, 2.05) is 11.0 Å². The van der Waals surface area contributed by atoms with Crippen LogP contribution in [0.3, 0.4) is 0 Å². The quantitative estimate of drug-likeness (QED) is 0.857. The van der Waals surface area contributed by atoms with Crippen molar-refractivity contribution in [2.24, 2.45) is 5.92 Å². The van der Waals surface area contributed by atoms with Crippen molar-refractivity contribution in [3.63, 3.8) is 0 Å². The van der Waals surface area contributed by atoms with E-state index in [1.165, 1.54) is 29.5 Å². The van der Waals surface area contributed by atoms with Crippen molar-refractivity contribution >= 4 is 16.8 Å². The monoisotopic (exact) mass is 353 g/mol. The third-order valence-corrected chi connectivity index (χ3v) is 6.38. The van der Waals surface area contributed by atoms with Crippen molar-refractivity contribution in [3.05, 3.63) is 35.0 Å². The van der Waals surface area contributed by atoms with Gasteiger partial charge in [-0.3, -0.25) is 9.69 Å². The Bertz CT molecular complexity index is 843. The lowest BCUT2D eigenvalue weighted by atomic mass is 9.95. The van der Waals surface area contributed by atoms with Crippen LogP contribution in [0.1, 0.15) is 34.5 Å². The van der Waals surface area contributed by atoms with Gasteiger partial charge in [0.05, 0.1) is 19.3 Å². The molecule has 3 aliphatic rings. The van der Waals surface area contributed by atoms with Crippen LogP contribution in [0.4, 0.5) is 0 Å². The summed E-state index contributed by atoms with van der Waals surface area (Å²) in [4.78, 5) is 21.2. The molecule has 0 radical (unpaired) electrons. The first-order valence-corrected chi connectivity index (χ1v) is 9.90. The maximum Gasteiger partial charge on any atom is 0.253 e. The van der Waals surface area contributed by atoms with Crippen molar-refractivity contribution < 1.29 is 9.53 Å². The Morgan fingerprint density at radius 1 is 1.15 bits per heavy atom. The Morgan fingerprint density at radius 2 is 2.04 bits per heavy atom. The van der Waals surface area contributed by atoms with Gasteiger partial charge in [0.2, 0.25) is 0 Å². The lowest BCUT2D eigenvalue weighted by molar-refractivity contribution is 0.0434. The summed E-state index contributed by atoms with van der Waals surface area (Å²) < 4.78 is 5.79. The number of H-pyrrole nitrogens is 1. The molecule has 2 bridgehead atoms. The standard InChI is InChI=1S/C21H27N3O2/c1-23-9-14-10-24(11-16(23)13-26-12-14)21(25)15-6-7-18-17-4-2-3-5-19(17)22-20(18)8-15/h6-8,14,16,22H,2-5,9-13H2,1H3/t14-,16+/m1/s1. The number of aromatic amines is 1. The van der Waals surface area contributed by atoms with Crippen LogP contribution in [0.25, 0.3) is 10.9 Å². The maximum absolute atomic E-state index is 13.2. The van der Waals surface area contributed by atoms with E-state index in [4.69, 9.17) is 4.74 Å². The van der Waals surface area contributed by atoms with Gasteiger partial charge in [0.25, 0.3) is 5.91 Å². The highest BCUT2D eigenvalue weighted by atomic mass is 16.5. The minimum Gasteiger partial charge on any atom is -0.379 e. The number of aryl methyl sites for hydroxylation is 2. The Kier molecular flexibility index (Phi) is 4.02. The largest absolute Gasteiger partial charge is 0.379 e. The molecule has 2 aliphatic heterocycles. The van der Waals surface area contributed by atoms with Gasteiger partial charge in [0.15, 0.2) is 0 Å². The van der Waals surface area contributed by atoms with E-state index in [2.05, 4.69) is 29.1 Å². The molecular formula is C21H27N3O2. The highest BCUT2D eigenvalue weighted by Crippen LogP contribution is 2.30. The number of hydrogen-bond donors (Lipinski definition) is 1. The van der Waals surface area contributed by atoms with E-state index in [9.17, 15) is 4.79 Å². The first kappa shape index (κ1) is 16.3. The summed E-state index contributed by atoms with van der Waals surface area (Å²) in [5.74, 6) is 0.560. The van der Waals surface area contributed by atoms with E-state index < -0.39 is 0 Å². The number of nitrogens with zero attached hydrogens (tertiary/aromatic N) is 2. The predicted molar refractivity (Wildman–Crippen MR) is 102 cm³/mol. The van der Waals surface area contributed by atoms with Gasteiger partial charge in [-0.1, -0.05) is 6.07 Å². The number of rotatable bonds is 1. The van der Waals surface area contributed by atoms with E-state index in [0.717, 1.165) is 56.8 Å². The Hall–Kier alpha value is -1.85. The summed E-state index contributed by atoms with van der Waals surface area (Å²) in [6, 6.07) is 6.54. The first-order chi connectivity index (χ1) is 12.7. The molecule has 1 amide bonds. The lowest BCUT2D eigenvalue weighted by Crippen LogP contribution is -2.44. The number of likely N-dealkylation sites (N-methyl/N-ethyl adjacent to an activating group) is 1. The van der Waals surface area contributed by atoms with Crippen LogP contribution in [-0.4, -0.2) is 66.6 Å². The molecule has 1 aromatic carbocycles. The van der Waals surface area contributed by atoms with Gasteiger partial charge in [-0.15, -0.1) is 0 Å². The zero-order valence-corrected chi connectivity index (χ0v) is 15.5. The number of hydrogen-bond acceptors (Lipinski definition) is 3. The number of aromatic nitrogens is 1. The van der Waals surface area contributed by atoms with Crippen molar-refractivity contribution in [3.8, 4) is 0 Å². The molecule has 1 aromatic heterocycles. The van der Waals surface area contributed by atoms with Crippen LogP contribution in [-0.2, 0) is 17.6 Å². The highest BCUT2D eigenvalue weighted by molar-refractivity contribution is 5.99. The molecular weight excluding hydrogens is 326 g/mol. The van der Waals surface area contributed by atoms with Crippen LogP contribution in [0.2, 0.25) is 0 Å². The molecule has 1 aliphatic carbocycles. The minimum absolute atomic E-state index is 0.159. The maximum atomic E-state index is 13.2. The Balaban J connectivity index is 1.44. The molecule has 5 nitrogen and oxygen atoms in total. The zero-order valence-electron chi connectivity index (χ0n) is 15.5. The molecule has 2 saturated heterocycles. The van der Waals surface area contributed by atoms with Crippen LogP contribution in [0.5, 0.6) is 0 Å². The van der Waals surface area contributed by atoms with E-state index in [0.29, 0.717) is 12.0 Å². The molecule has 26 heavy (non-hydrogen) atoms. The first-order valence-electron chi connectivity index (χ1n) is 9.90. The normalized spacial score (nSPS) is 26.6. The predicted octanol–water partition coefficient (Wildman–Crippen LogP) is 2.45. The molecule has 2 aromatic rings. The van der Waals surface area contributed by atoms with Gasteiger partial charge in [-0.2, -0.15) is 0 Å². The van der Waals surface area contributed by atoms with Crippen LogP contribution in [0, 0.1) is 5.92 Å². The smallest absolute Gasteiger partial charge is 0.253 e. The number of carbonyl (C=O) groups excluding carboxylic acids is 1. The summed E-state index contributed by atoms with van der Waals surface area (Å²) in [6.45, 7) is 4.03. The summed E-state index contributed by atoms with van der Waals surface area (Å²) >= 11 is 0. The molecule has 5 heteroatoms. The van der Waals surface area contributed by atoms with Gasteiger partial charge >= 0.3 is 0 Å². The third kappa shape index (κ3) is 2.74. The molecule has 138 valence electrons. The molecule has 2 atom stereocenters. The summed E-state index contributed by atoms with van der Waals surface area (Å²) in [5, 5.41) is 1.30. The van der Waals surface area contributed by atoms with Gasteiger partial charge in [0.1, 0.15) is 0 Å². The Morgan fingerprint density at radius 3 is 2.96 bits per heavy atom. The summed E-state index contributed by atoms with van der Waals surface area (Å²) in [6.07, 6.45) is 4.82. The number of amides is 1. The average Bonchev–Trinajstić information content (AvgIpc) is 2.81. The van der Waals surface area contributed by atoms with Gasteiger partial charge in [-0.05, 0) is 50.4 Å². The second kappa shape index (κ2) is 6.39. The van der Waals surface area contributed by atoms with Gasteiger partial charge in [0, 0.05) is 47.7 Å². The SMILES string of the molecule is CN1C[C@H]2COC[C@@H]1CN(C(=O)c1ccc3c4c([nH]c3c1)CCCC4)C2. The second-order valence-electron chi connectivity index (χ2n) is 8.26. The van der Waals surface area contributed by atoms with Crippen molar-refractivity contribution in [2.45, 2.75) is 31.7 Å². The fourth-order valence-corrected chi connectivity index (χ4v) is 4.95. The number of fused-ring (bicyclic) bond motifs is 6. The second-order valence-corrected chi connectivity index (χ2v) is 8.26. The molecule has 1 N–H and O–H groups in total. The Labute approximate surface area is 154 Å². The van der Waals surface area contributed by atoms with Crippen molar-refractivity contribution in [1.29, 1.82) is 0 Å². The van der Waals surface area contributed by atoms with Gasteiger partial charge in [-0.25, -0.2) is 0 Å². The molecule has 0 unspecified atom stereocenters. The number of ether oxygens (including phenoxy) is 1. The zero-order chi connectivity index (χ0) is 17.7. The molecule has 3 heterocycles. The topological polar surface area (TPSA) is 48.6 Å². The highest BCUT2D eigenvalue weighted by Gasteiger charge is 2.33. The molecule has 0 spiro atoms. The van der Waals surface area contributed by atoms with E-state index >= 15 is 0 Å². The number of carbonyl (C=O) groups is 1. The fraction of sp³-hybridized carbons (Fsp3) is 0.571. The number of benzene rings is 1. The van der Waals surface area contributed by atoms with Crippen molar-refractivity contribution in [1.82, 2.24) is 14.8 Å². The van der Waals surface area contributed by atoms with Gasteiger partial charge < -0.3 is 14.6 Å².